The van der Waals surface area contributed by atoms with E-state index in [4.69, 9.17) is 0 Å². The van der Waals surface area contributed by atoms with Crippen LogP contribution in [0.5, 0.6) is 0 Å². The van der Waals surface area contributed by atoms with Gasteiger partial charge in [0.05, 0.1) is 6.10 Å². The van der Waals surface area contributed by atoms with Crippen molar-refractivity contribution in [3.8, 4) is 0 Å². The number of nitrogens with one attached hydrogen (secondary N) is 1. The largest absolute Gasteiger partial charge is 0.392 e. The molecule has 0 bridgehead atoms. The van der Waals surface area contributed by atoms with E-state index in [2.05, 4.69) is 35.3 Å². The van der Waals surface area contributed by atoms with Gasteiger partial charge in [0.2, 0.25) is 5.91 Å². The molecule has 3 aliphatic rings. The van der Waals surface area contributed by atoms with Crippen LogP contribution >= 0.6 is 0 Å². The number of piperidine rings is 2. The first-order chi connectivity index (χ1) is 17.3. The second-order valence-corrected chi connectivity index (χ2v) is 10.7. The van der Waals surface area contributed by atoms with Crippen LogP contribution in [0.2, 0.25) is 0 Å². The maximum Gasteiger partial charge on any atom is 0.246 e. The highest BCUT2D eigenvalue weighted by atomic mass is 19.1. The third kappa shape index (κ3) is 5.32. The zero-order chi connectivity index (χ0) is 25.3. The lowest BCUT2D eigenvalue weighted by Gasteiger charge is -2.41. The summed E-state index contributed by atoms with van der Waals surface area (Å²) in [4.78, 5) is 16.7. The number of hydrogen-bond donors (Lipinski definition) is 2. The van der Waals surface area contributed by atoms with Crippen molar-refractivity contribution in [1.29, 1.82) is 0 Å². The lowest BCUT2D eigenvalue weighted by molar-refractivity contribution is -0.128. The topological polar surface area (TPSA) is 55.8 Å². The highest BCUT2D eigenvalue weighted by Gasteiger charge is 2.42. The summed E-state index contributed by atoms with van der Waals surface area (Å²) in [5, 5.41) is 14.6. The molecule has 1 amide bonds. The Hall–Kier alpha value is -2.77. The molecule has 2 aromatic carbocycles. The molecular weight excluding hydrogens is 460 g/mol. The number of likely N-dealkylation sites (tertiary alicyclic amines) is 2. The van der Waals surface area contributed by atoms with Gasteiger partial charge in [0.15, 0.2) is 0 Å². The molecule has 0 aromatic heterocycles. The molecule has 1 spiro atoms. The van der Waals surface area contributed by atoms with Gasteiger partial charge >= 0.3 is 0 Å². The first-order valence-corrected chi connectivity index (χ1v) is 13.0. The Morgan fingerprint density at radius 1 is 1.11 bits per heavy atom. The molecule has 3 heterocycles. The molecule has 2 aromatic rings. The number of carbonyl (C=O) groups is 1. The molecule has 5 rings (SSSR count). The van der Waals surface area contributed by atoms with Crippen LogP contribution in [0, 0.1) is 24.5 Å². The Bertz CT molecular complexity index is 1120. The minimum Gasteiger partial charge on any atom is -0.392 e. The fraction of sp³-hybridized carbons (Fsp3) is 0.483. The van der Waals surface area contributed by atoms with E-state index in [9.17, 15) is 18.7 Å². The van der Waals surface area contributed by atoms with E-state index in [-0.39, 0.29) is 17.2 Å². The van der Waals surface area contributed by atoms with Crippen molar-refractivity contribution in [2.75, 3.05) is 44.6 Å². The van der Waals surface area contributed by atoms with E-state index in [1.807, 2.05) is 0 Å². The minimum absolute atomic E-state index is 0.169. The molecule has 5 nitrogen and oxygen atoms in total. The Kier molecular flexibility index (Phi) is 7.13. The molecular formula is C29H35F2N3O2. The molecule has 0 saturated carbocycles. The summed E-state index contributed by atoms with van der Waals surface area (Å²) in [5.74, 6) is -1.33. The van der Waals surface area contributed by atoms with Gasteiger partial charge in [0, 0.05) is 49.4 Å². The number of fused-ring (bicyclic) bond motifs is 2. The van der Waals surface area contributed by atoms with Crippen molar-refractivity contribution in [1.82, 2.24) is 9.80 Å². The smallest absolute Gasteiger partial charge is 0.246 e. The zero-order valence-electron chi connectivity index (χ0n) is 20.9. The third-order valence-corrected chi connectivity index (χ3v) is 8.32. The van der Waals surface area contributed by atoms with Gasteiger partial charge in [0.25, 0.3) is 0 Å². The number of rotatable bonds is 5. The fourth-order valence-electron chi connectivity index (χ4n) is 6.08. The molecule has 1 unspecified atom stereocenters. The van der Waals surface area contributed by atoms with Gasteiger partial charge < -0.3 is 20.2 Å². The average molecular weight is 496 g/mol. The Balaban J connectivity index is 1.08. The van der Waals surface area contributed by atoms with Crippen LogP contribution in [0.15, 0.2) is 42.5 Å². The Labute approximate surface area is 211 Å². The lowest BCUT2D eigenvalue weighted by atomic mass is 9.74. The molecule has 0 radical (unpaired) electrons. The predicted molar refractivity (Wildman–Crippen MR) is 138 cm³/mol. The second kappa shape index (κ2) is 10.3. The van der Waals surface area contributed by atoms with Crippen LogP contribution in [-0.4, -0.2) is 66.2 Å². The molecule has 1 atom stereocenters. The first-order valence-electron chi connectivity index (χ1n) is 13.0. The summed E-state index contributed by atoms with van der Waals surface area (Å²) in [6.07, 6.45) is 6.10. The molecule has 2 fully saturated rings. The van der Waals surface area contributed by atoms with E-state index < -0.39 is 17.7 Å². The van der Waals surface area contributed by atoms with E-state index in [1.165, 1.54) is 41.1 Å². The number of hydrogen-bond acceptors (Lipinski definition) is 4. The van der Waals surface area contributed by atoms with Crippen molar-refractivity contribution in [2.45, 2.75) is 44.1 Å². The van der Waals surface area contributed by atoms with Crippen molar-refractivity contribution in [3.05, 3.63) is 70.8 Å². The van der Waals surface area contributed by atoms with Crippen LogP contribution in [0.1, 0.15) is 42.4 Å². The van der Waals surface area contributed by atoms with Gasteiger partial charge in [-0.2, -0.15) is 0 Å². The molecule has 0 aliphatic carbocycles. The first kappa shape index (κ1) is 24.9. The maximum atomic E-state index is 13.3. The Morgan fingerprint density at radius 3 is 2.50 bits per heavy atom. The number of halogens is 2. The maximum absolute atomic E-state index is 13.3. The lowest BCUT2D eigenvalue weighted by Crippen LogP contribution is -2.48. The number of anilines is 1. The highest BCUT2D eigenvalue weighted by molar-refractivity contribution is 5.91. The number of carbonyl (C=O) groups excluding carboxylic acids is 1. The third-order valence-electron chi connectivity index (χ3n) is 8.32. The average Bonchev–Trinajstić information content (AvgIpc) is 3.20. The number of aryl methyl sites for hydroxylation is 1. The number of benzene rings is 2. The fourth-order valence-corrected chi connectivity index (χ4v) is 6.08. The van der Waals surface area contributed by atoms with Gasteiger partial charge in [-0.05, 0) is 87.0 Å². The van der Waals surface area contributed by atoms with Gasteiger partial charge in [-0.15, -0.1) is 0 Å². The van der Waals surface area contributed by atoms with Gasteiger partial charge in [-0.1, -0.05) is 17.7 Å². The van der Waals surface area contributed by atoms with Crippen molar-refractivity contribution in [3.63, 3.8) is 0 Å². The van der Waals surface area contributed by atoms with Crippen molar-refractivity contribution >= 4 is 17.7 Å². The zero-order valence-corrected chi connectivity index (χ0v) is 20.9. The van der Waals surface area contributed by atoms with E-state index >= 15 is 0 Å². The Morgan fingerprint density at radius 2 is 1.81 bits per heavy atom. The standard InChI is InChI=1S/C29H35F2N3O2/c1-20-2-4-26-25(14-20)29(19-32-26)8-12-33(13-9-29)18-27(35)22-6-10-34(11-7-22)28(36)5-3-21-15-23(30)17-24(31)16-21/h2-5,14-17,22,27,32,35H,6-13,18-19H2,1H3. The van der Waals surface area contributed by atoms with Crippen LogP contribution in [0.25, 0.3) is 6.08 Å². The number of amides is 1. The molecule has 7 heteroatoms. The summed E-state index contributed by atoms with van der Waals surface area (Å²) >= 11 is 0. The number of aliphatic hydroxyl groups is 1. The van der Waals surface area contributed by atoms with Crippen molar-refractivity contribution in [2.24, 2.45) is 5.92 Å². The van der Waals surface area contributed by atoms with Crippen LogP contribution in [-0.2, 0) is 10.2 Å². The molecule has 2 saturated heterocycles. The SMILES string of the molecule is Cc1ccc2c(c1)C1(CCN(CC(O)C3CCN(C(=O)C=Cc4cc(F)cc(F)c4)CC3)CC1)CN2. The number of β-amino-alcohol motifs (C(OH)–C–C–N with tert-alkyl or cyclic N) is 1. The van der Waals surface area contributed by atoms with E-state index in [0.29, 0.717) is 25.2 Å². The second-order valence-electron chi connectivity index (χ2n) is 10.7. The molecule has 3 aliphatic heterocycles. The van der Waals surface area contributed by atoms with Crippen LogP contribution in [0.3, 0.4) is 0 Å². The summed E-state index contributed by atoms with van der Waals surface area (Å²) < 4.78 is 26.7. The normalized spacial score (nSPS) is 21.1. The minimum atomic E-state index is -0.666. The molecule has 36 heavy (non-hydrogen) atoms. The quantitative estimate of drug-likeness (QED) is 0.606. The van der Waals surface area contributed by atoms with Gasteiger partial charge in [-0.3, -0.25) is 4.79 Å². The van der Waals surface area contributed by atoms with E-state index in [1.54, 1.807) is 4.90 Å². The van der Waals surface area contributed by atoms with Crippen molar-refractivity contribution < 1.29 is 18.7 Å². The number of nitrogens with zero attached hydrogens (tertiary/aromatic N) is 2. The summed E-state index contributed by atoms with van der Waals surface area (Å²) in [7, 11) is 0. The molecule has 192 valence electrons. The summed E-state index contributed by atoms with van der Waals surface area (Å²) in [5.41, 5.74) is 4.56. The number of aliphatic hydroxyl groups excluding tert-OH is 1. The predicted octanol–water partition coefficient (Wildman–Crippen LogP) is 4.35. The van der Waals surface area contributed by atoms with Gasteiger partial charge in [0.1, 0.15) is 11.6 Å². The molecule has 2 N–H and O–H groups in total. The monoisotopic (exact) mass is 495 g/mol. The van der Waals surface area contributed by atoms with Gasteiger partial charge in [-0.25, -0.2) is 8.78 Å². The highest BCUT2D eigenvalue weighted by Crippen LogP contribution is 2.44. The summed E-state index contributed by atoms with van der Waals surface area (Å²) in [6.45, 7) is 6.94. The van der Waals surface area contributed by atoms with E-state index in [0.717, 1.165) is 51.4 Å². The van der Waals surface area contributed by atoms with Crippen LogP contribution in [0.4, 0.5) is 14.5 Å². The van der Waals surface area contributed by atoms with Crippen LogP contribution < -0.4 is 5.32 Å². The summed E-state index contributed by atoms with van der Waals surface area (Å²) in [6, 6.07) is 9.89.